The second-order valence-corrected chi connectivity index (χ2v) is 8.28. The van der Waals surface area contributed by atoms with Gasteiger partial charge in [-0.1, -0.05) is 19.3 Å². The lowest BCUT2D eigenvalue weighted by molar-refractivity contribution is 0.168. The van der Waals surface area contributed by atoms with Crippen molar-refractivity contribution in [2.24, 2.45) is 0 Å². The number of amides is 2. The highest BCUT2D eigenvalue weighted by Crippen LogP contribution is 2.20. The van der Waals surface area contributed by atoms with Gasteiger partial charge in [-0.2, -0.15) is 11.8 Å². The van der Waals surface area contributed by atoms with Crippen molar-refractivity contribution in [1.29, 1.82) is 0 Å². The van der Waals surface area contributed by atoms with Gasteiger partial charge < -0.3 is 15.5 Å². The third kappa shape index (κ3) is 4.79. The van der Waals surface area contributed by atoms with E-state index in [1.165, 1.54) is 56.5 Å². The fourth-order valence-corrected chi connectivity index (χ4v) is 5.05. The maximum absolute atomic E-state index is 12.4. The van der Waals surface area contributed by atoms with Crippen LogP contribution in [0.1, 0.15) is 57.8 Å². The minimum absolute atomic E-state index is 0.179. The van der Waals surface area contributed by atoms with E-state index in [9.17, 15) is 4.79 Å². The Hall–Kier alpha value is -0.420. The average molecular weight is 326 g/mol. The first-order valence-corrected chi connectivity index (χ1v) is 10.4. The van der Waals surface area contributed by atoms with Gasteiger partial charge in [-0.05, 0) is 44.3 Å². The fraction of sp³-hybridized carbons (Fsp3) is 0.941. The van der Waals surface area contributed by atoms with Crippen molar-refractivity contribution in [2.45, 2.75) is 75.9 Å². The minimum Gasteiger partial charge on any atom is -0.335 e. The summed E-state index contributed by atoms with van der Waals surface area (Å²) in [6.45, 7) is 1.83. The van der Waals surface area contributed by atoms with Gasteiger partial charge >= 0.3 is 6.03 Å². The second kappa shape index (κ2) is 8.44. The molecule has 3 rings (SSSR count). The highest BCUT2D eigenvalue weighted by atomic mass is 32.2. The SMILES string of the molecule is O=C(NC1CCCCC1)N1CCC(N[C@H]2CCCSC2)CC1. The number of carbonyl (C=O) groups is 1. The molecular weight excluding hydrogens is 294 g/mol. The molecule has 2 saturated heterocycles. The van der Waals surface area contributed by atoms with Crippen LogP contribution in [0, 0.1) is 0 Å². The largest absolute Gasteiger partial charge is 0.335 e. The van der Waals surface area contributed by atoms with E-state index in [0.717, 1.165) is 25.9 Å². The summed E-state index contributed by atoms with van der Waals surface area (Å²) in [6.07, 6.45) is 11.1. The summed E-state index contributed by atoms with van der Waals surface area (Å²) in [5.41, 5.74) is 0. The monoisotopic (exact) mass is 325 g/mol. The quantitative estimate of drug-likeness (QED) is 0.838. The van der Waals surface area contributed by atoms with E-state index in [-0.39, 0.29) is 6.03 Å². The summed E-state index contributed by atoms with van der Waals surface area (Å²) in [6, 6.07) is 1.92. The average Bonchev–Trinajstić information content (AvgIpc) is 2.57. The molecule has 0 aromatic heterocycles. The molecule has 1 atom stereocenters. The van der Waals surface area contributed by atoms with Gasteiger partial charge in [-0.3, -0.25) is 0 Å². The van der Waals surface area contributed by atoms with Crippen LogP contribution >= 0.6 is 11.8 Å². The van der Waals surface area contributed by atoms with Crippen LogP contribution in [0.4, 0.5) is 4.79 Å². The molecular formula is C17H31N3OS. The van der Waals surface area contributed by atoms with Crippen LogP contribution in [0.2, 0.25) is 0 Å². The van der Waals surface area contributed by atoms with Crippen LogP contribution in [-0.4, -0.2) is 53.7 Å². The Morgan fingerprint density at radius 2 is 1.59 bits per heavy atom. The smallest absolute Gasteiger partial charge is 0.317 e. The molecule has 1 aliphatic carbocycles. The highest BCUT2D eigenvalue weighted by Gasteiger charge is 2.26. The van der Waals surface area contributed by atoms with Crippen LogP contribution in [0.5, 0.6) is 0 Å². The molecule has 126 valence electrons. The van der Waals surface area contributed by atoms with Gasteiger partial charge in [-0.25, -0.2) is 4.79 Å². The van der Waals surface area contributed by atoms with Crippen molar-refractivity contribution < 1.29 is 4.79 Å². The Kier molecular flexibility index (Phi) is 6.30. The first-order valence-electron chi connectivity index (χ1n) is 9.20. The zero-order valence-electron chi connectivity index (χ0n) is 13.7. The lowest BCUT2D eigenvalue weighted by atomic mass is 9.95. The predicted octanol–water partition coefficient (Wildman–Crippen LogP) is 2.98. The zero-order chi connectivity index (χ0) is 15.2. The van der Waals surface area contributed by atoms with Gasteiger partial charge in [0.25, 0.3) is 0 Å². The third-order valence-electron chi connectivity index (χ3n) is 5.35. The Bertz CT molecular complexity index is 346. The van der Waals surface area contributed by atoms with E-state index < -0.39 is 0 Å². The molecule has 2 amide bonds. The van der Waals surface area contributed by atoms with Crippen LogP contribution in [-0.2, 0) is 0 Å². The molecule has 22 heavy (non-hydrogen) atoms. The summed E-state index contributed by atoms with van der Waals surface area (Å²) in [7, 11) is 0. The lowest BCUT2D eigenvalue weighted by Crippen LogP contribution is -2.52. The topological polar surface area (TPSA) is 44.4 Å². The Morgan fingerprint density at radius 1 is 0.864 bits per heavy atom. The first kappa shape index (κ1) is 16.4. The van der Waals surface area contributed by atoms with Crippen LogP contribution < -0.4 is 10.6 Å². The number of carbonyl (C=O) groups excluding carboxylic acids is 1. The summed E-state index contributed by atoms with van der Waals surface area (Å²) >= 11 is 2.08. The predicted molar refractivity (Wildman–Crippen MR) is 93.5 cm³/mol. The van der Waals surface area contributed by atoms with Gasteiger partial charge in [0.1, 0.15) is 0 Å². The summed E-state index contributed by atoms with van der Waals surface area (Å²) in [5, 5.41) is 7.07. The molecule has 0 bridgehead atoms. The van der Waals surface area contributed by atoms with E-state index in [2.05, 4.69) is 22.4 Å². The van der Waals surface area contributed by atoms with Crippen LogP contribution in [0.25, 0.3) is 0 Å². The number of piperidine rings is 1. The first-order chi connectivity index (χ1) is 10.8. The van der Waals surface area contributed by atoms with Crippen molar-refractivity contribution >= 4 is 17.8 Å². The van der Waals surface area contributed by atoms with Crippen molar-refractivity contribution in [3.63, 3.8) is 0 Å². The Labute approximate surface area is 139 Å². The summed E-state index contributed by atoms with van der Waals surface area (Å²) < 4.78 is 0. The molecule has 0 spiro atoms. The van der Waals surface area contributed by atoms with Crippen molar-refractivity contribution in [2.75, 3.05) is 24.6 Å². The van der Waals surface area contributed by atoms with E-state index in [1.807, 2.05) is 4.90 Å². The van der Waals surface area contributed by atoms with Crippen LogP contribution in [0.3, 0.4) is 0 Å². The number of nitrogens with zero attached hydrogens (tertiary/aromatic N) is 1. The number of likely N-dealkylation sites (tertiary alicyclic amines) is 1. The van der Waals surface area contributed by atoms with Gasteiger partial charge in [0.05, 0.1) is 0 Å². The maximum atomic E-state index is 12.4. The molecule has 0 aromatic rings. The minimum atomic E-state index is 0.179. The van der Waals surface area contributed by atoms with Crippen LogP contribution in [0.15, 0.2) is 0 Å². The fourth-order valence-electron chi connectivity index (χ4n) is 3.97. The van der Waals surface area contributed by atoms with Gasteiger partial charge in [0.15, 0.2) is 0 Å². The number of hydrogen-bond donors (Lipinski definition) is 2. The molecule has 2 aliphatic heterocycles. The number of rotatable bonds is 3. The van der Waals surface area contributed by atoms with E-state index in [1.54, 1.807) is 0 Å². The molecule has 2 heterocycles. The normalized spacial score (nSPS) is 28.5. The third-order valence-corrected chi connectivity index (χ3v) is 6.56. The lowest BCUT2D eigenvalue weighted by Gasteiger charge is -2.36. The van der Waals surface area contributed by atoms with Crippen molar-refractivity contribution in [3.8, 4) is 0 Å². The number of thioether (sulfide) groups is 1. The van der Waals surface area contributed by atoms with Crippen molar-refractivity contribution in [3.05, 3.63) is 0 Å². The summed E-state index contributed by atoms with van der Waals surface area (Å²) in [5.74, 6) is 2.60. The van der Waals surface area contributed by atoms with Crippen molar-refractivity contribution in [1.82, 2.24) is 15.5 Å². The molecule has 3 fully saturated rings. The maximum Gasteiger partial charge on any atom is 0.317 e. The number of urea groups is 1. The number of nitrogens with one attached hydrogen (secondary N) is 2. The van der Waals surface area contributed by atoms with Gasteiger partial charge in [-0.15, -0.1) is 0 Å². The molecule has 0 unspecified atom stereocenters. The second-order valence-electron chi connectivity index (χ2n) is 7.13. The standard InChI is InChI=1S/C17H31N3OS/c21-17(19-14-5-2-1-3-6-14)20-10-8-15(9-11-20)18-16-7-4-12-22-13-16/h14-16,18H,1-13H2,(H,19,21)/t16-/m0/s1. The molecule has 3 aliphatic rings. The molecule has 5 heteroatoms. The molecule has 0 aromatic carbocycles. The summed E-state index contributed by atoms with van der Waals surface area (Å²) in [4.78, 5) is 14.4. The van der Waals surface area contributed by atoms with E-state index in [4.69, 9.17) is 0 Å². The molecule has 1 saturated carbocycles. The van der Waals surface area contributed by atoms with E-state index >= 15 is 0 Å². The Morgan fingerprint density at radius 3 is 2.27 bits per heavy atom. The molecule has 2 N–H and O–H groups in total. The highest BCUT2D eigenvalue weighted by molar-refractivity contribution is 7.99. The molecule has 4 nitrogen and oxygen atoms in total. The molecule has 0 radical (unpaired) electrons. The van der Waals surface area contributed by atoms with Gasteiger partial charge in [0, 0.05) is 37.0 Å². The van der Waals surface area contributed by atoms with Gasteiger partial charge in [0.2, 0.25) is 0 Å². The number of hydrogen-bond acceptors (Lipinski definition) is 3. The van der Waals surface area contributed by atoms with E-state index in [0.29, 0.717) is 18.1 Å². The Balaban J connectivity index is 1.36. The zero-order valence-corrected chi connectivity index (χ0v) is 14.5.